The van der Waals surface area contributed by atoms with Gasteiger partial charge >= 0.3 is 11.9 Å². The number of hydrogen-bond donors (Lipinski definition) is 1. The van der Waals surface area contributed by atoms with E-state index in [1.807, 2.05) is 0 Å². The number of carbonyl (C=O) groups is 3. The van der Waals surface area contributed by atoms with E-state index in [1.165, 1.54) is 0 Å². The van der Waals surface area contributed by atoms with Crippen LogP contribution in [0.4, 0.5) is 5.69 Å². The van der Waals surface area contributed by atoms with Crippen LogP contribution in [0.3, 0.4) is 0 Å². The Labute approximate surface area is 144 Å². The van der Waals surface area contributed by atoms with Crippen molar-refractivity contribution in [2.75, 3.05) is 19.0 Å². The van der Waals surface area contributed by atoms with E-state index in [1.54, 1.807) is 31.4 Å². The Hall–Kier alpha value is -2.57. The number of carbonyl (C=O) groups excluding carboxylic acids is 3. The molecule has 0 unspecified atom stereocenters. The first-order valence-electron chi connectivity index (χ1n) is 8.38. The third-order valence-corrected chi connectivity index (χ3v) is 5.47. The van der Waals surface area contributed by atoms with Crippen LogP contribution in [-0.4, -0.2) is 37.7 Å². The van der Waals surface area contributed by atoms with Gasteiger partial charge in [-0.05, 0) is 43.0 Å². The number of fused-ring (bicyclic) bond motifs is 1. The number of ether oxygens (including phenoxy) is 3. The van der Waals surface area contributed by atoms with Gasteiger partial charge in [-0.3, -0.25) is 14.4 Å². The smallest absolute Gasteiger partial charge is 0.310 e. The summed E-state index contributed by atoms with van der Waals surface area (Å²) in [4.78, 5) is 36.3. The van der Waals surface area contributed by atoms with Crippen LogP contribution < -0.4 is 10.1 Å². The van der Waals surface area contributed by atoms with Crippen LogP contribution in [0.15, 0.2) is 24.3 Å². The summed E-state index contributed by atoms with van der Waals surface area (Å²) in [5.41, 5.74) is 0.587. The molecule has 0 aromatic heterocycles. The van der Waals surface area contributed by atoms with Gasteiger partial charge in [0.25, 0.3) is 5.91 Å². The zero-order chi connectivity index (χ0) is 17.6. The molecule has 1 saturated heterocycles. The first-order chi connectivity index (χ1) is 12.1. The molecule has 2 aliphatic carbocycles. The molecular weight excluding hydrogens is 326 g/mol. The van der Waals surface area contributed by atoms with Crippen LogP contribution in [0.5, 0.6) is 5.75 Å². The number of methoxy groups -OCH3 is 1. The Morgan fingerprint density at radius 3 is 2.72 bits per heavy atom. The molecule has 5 atom stereocenters. The van der Waals surface area contributed by atoms with E-state index >= 15 is 0 Å². The Kier molecular flexibility index (Phi) is 3.86. The van der Waals surface area contributed by atoms with Gasteiger partial charge in [-0.1, -0.05) is 0 Å². The molecule has 1 amide bonds. The van der Waals surface area contributed by atoms with Crippen LogP contribution in [0.2, 0.25) is 0 Å². The number of anilines is 1. The number of nitrogens with one attached hydrogen (secondary N) is 1. The molecule has 0 radical (unpaired) electrons. The largest absolute Gasteiger partial charge is 0.497 e. The Bertz CT molecular complexity index is 713. The quantitative estimate of drug-likeness (QED) is 0.811. The Morgan fingerprint density at radius 2 is 2.00 bits per heavy atom. The summed E-state index contributed by atoms with van der Waals surface area (Å²) < 4.78 is 15.5. The second kappa shape index (κ2) is 6.06. The third kappa shape index (κ3) is 2.73. The SMILES string of the molecule is COc1ccc(NC(=O)COC(=O)[C@@H]2[C@@H]3C[C@H]4[C@@H]2C(=O)O[C@@H]4C3)cc1. The second-order valence-electron chi connectivity index (χ2n) is 6.81. The number of benzene rings is 1. The van der Waals surface area contributed by atoms with Crippen molar-refractivity contribution in [3.63, 3.8) is 0 Å². The standard InChI is InChI=1S/C18H19NO6/c1-23-11-4-2-10(3-5-11)19-14(20)8-24-17(21)15-9-6-12-13(7-9)25-18(22)16(12)15/h2-5,9,12-13,15-16H,6-8H2,1H3,(H,19,20)/t9-,12-,13-,15-,16+/m1/s1. The van der Waals surface area contributed by atoms with Crippen molar-refractivity contribution in [1.82, 2.24) is 0 Å². The van der Waals surface area contributed by atoms with Gasteiger partial charge in [0.05, 0.1) is 18.9 Å². The van der Waals surface area contributed by atoms with Crippen LogP contribution in [0.1, 0.15) is 12.8 Å². The highest BCUT2D eigenvalue weighted by molar-refractivity contribution is 5.93. The van der Waals surface area contributed by atoms with Gasteiger partial charge in [0.15, 0.2) is 6.61 Å². The van der Waals surface area contributed by atoms with Crippen LogP contribution in [-0.2, 0) is 23.9 Å². The zero-order valence-corrected chi connectivity index (χ0v) is 13.8. The minimum absolute atomic E-state index is 0.0232. The van der Waals surface area contributed by atoms with E-state index in [0.717, 1.165) is 12.8 Å². The molecule has 1 heterocycles. The molecule has 1 N–H and O–H groups in total. The molecule has 0 spiro atoms. The fourth-order valence-corrected chi connectivity index (χ4v) is 4.43. The van der Waals surface area contributed by atoms with Crippen molar-refractivity contribution < 1.29 is 28.6 Å². The number of esters is 2. The zero-order valence-electron chi connectivity index (χ0n) is 13.8. The van der Waals surface area contributed by atoms with Gasteiger partial charge in [0.1, 0.15) is 11.9 Å². The van der Waals surface area contributed by atoms with E-state index in [4.69, 9.17) is 14.2 Å². The topological polar surface area (TPSA) is 90.9 Å². The van der Waals surface area contributed by atoms with Crippen LogP contribution in [0.25, 0.3) is 0 Å². The van der Waals surface area contributed by atoms with E-state index in [9.17, 15) is 14.4 Å². The molecule has 132 valence electrons. The van der Waals surface area contributed by atoms with Crippen molar-refractivity contribution >= 4 is 23.5 Å². The van der Waals surface area contributed by atoms with Gasteiger partial charge in [-0.2, -0.15) is 0 Å². The minimum atomic E-state index is -0.473. The van der Waals surface area contributed by atoms with Gasteiger partial charge in [-0.15, -0.1) is 0 Å². The molecule has 1 aliphatic heterocycles. The predicted octanol–water partition coefficient (Wildman–Crippen LogP) is 1.37. The fraction of sp³-hybridized carbons (Fsp3) is 0.500. The Morgan fingerprint density at radius 1 is 1.24 bits per heavy atom. The summed E-state index contributed by atoms with van der Waals surface area (Å²) in [7, 11) is 1.56. The molecule has 3 fully saturated rings. The molecule has 7 nitrogen and oxygen atoms in total. The van der Waals surface area contributed by atoms with Crippen molar-refractivity contribution in [2.45, 2.75) is 18.9 Å². The number of amides is 1. The second-order valence-corrected chi connectivity index (χ2v) is 6.81. The first-order valence-corrected chi connectivity index (χ1v) is 8.38. The molecule has 1 aromatic rings. The number of hydrogen-bond acceptors (Lipinski definition) is 6. The molecule has 7 heteroatoms. The van der Waals surface area contributed by atoms with Crippen molar-refractivity contribution in [3.05, 3.63) is 24.3 Å². The summed E-state index contributed by atoms with van der Waals surface area (Å²) in [6.07, 6.45) is 1.54. The summed E-state index contributed by atoms with van der Waals surface area (Å²) in [5, 5.41) is 2.65. The lowest BCUT2D eigenvalue weighted by atomic mass is 9.80. The lowest BCUT2D eigenvalue weighted by Crippen LogP contribution is -2.34. The lowest BCUT2D eigenvalue weighted by molar-refractivity contribution is -0.157. The van der Waals surface area contributed by atoms with Crippen molar-refractivity contribution in [2.24, 2.45) is 23.7 Å². The third-order valence-electron chi connectivity index (χ3n) is 5.47. The average molecular weight is 345 g/mol. The van der Waals surface area contributed by atoms with E-state index in [0.29, 0.717) is 11.4 Å². The summed E-state index contributed by atoms with van der Waals surface area (Å²) >= 11 is 0. The lowest BCUT2D eigenvalue weighted by Gasteiger charge is -2.22. The minimum Gasteiger partial charge on any atom is -0.497 e. The van der Waals surface area contributed by atoms with Gasteiger partial charge in [-0.25, -0.2) is 0 Å². The number of rotatable bonds is 5. The first kappa shape index (κ1) is 15.9. The van der Waals surface area contributed by atoms with E-state index in [2.05, 4.69) is 5.32 Å². The van der Waals surface area contributed by atoms with E-state index < -0.39 is 17.8 Å². The normalized spacial score (nSPS) is 31.6. The molecule has 25 heavy (non-hydrogen) atoms. The molecular formula is C18H19NO6. The molecule has 2 saturated carbocycles. The monoisotopic (exact) mass is 345 g/mol. The highest BCUT2D eigenvalue weighted by Crippen LogP contribution is 2.57. The van der Waals surface area contributed by atoms with Gasteiger partial charge in [0, 0.05) is 11.6 Å². The summed E-state index contributed by atoms with van der Waals surface area (Å²) in [6, 6.07) is 6.84. The highest BCUT2D eigenvalue weighted by Gasteiger charge is 2.64. The molecule has 3 aliphatic rings. The van der Waals surface area contributed by atoms with Crippen LogP contribution >= 0.6 is 0 Å². The maximum absolute atomic E-state index is 12.4. The van der Waals surface area contributed by atoms with E-state index in [-0.39, 0.29) is 36.4 Å². The van der Waals surface area contributed by atoms with Gasteiger partial charge in [0.2, 0.25) is 0 Å². The molecule has 2 bridgehead atoms. The predicted molar refractivity (Wildman–Crippen MR) is 85.7 cm³/mol. The fourth-order valence-electron chi connectivity index (χ4n) is 4.43. The van der Waals surface area contributed by atoms with Crippen LogP contribution in [0, 0.1) is 23.7 Å². The average Bonchev–Trinajstić information content (AvgIpc) is 3.22. The highest BCUT2D eigenvalue weighted by atomic mass is 16.6. The maximum Gasteiger partial charge on any atom is 0.310 e. The summed E-state index contributed by atoms with van der Waals surface area (Å²) in [6.45, 7) is -0.371. The van der Waals surface area contributed by atoms with Gasteiger partial charge < -0.3 is 19.5 Å². The Balaban J connectivity index is 1.31. The van der Waals surface area contributed by atoms with Crippen molar-refractivity contribution in [3.8, 4) is 5.75 Å². The molecule has 1 aromatic carbocycles. The molecule has 4 rings (SSSR count). The maximum atomic E-state index is 12.4. The van der Waals surface area contributed by atoms with Crippen molar-refractivity contribution in [1.29, 1.82) is 0 Å². The summed E-state index contributed by atoms with van der Waals surface area (Å²) in [5.74, 6) is -1.09.